The largest absolute Gasteiger partial charge is 0.340 e. The number of nitrogens with one attached hydrogen (secondary N) is 1. The van der Waals surface area contributed by atoms with E-state index in [9.17, 15) is 9.59 Å². The van der Waals surface area contributed by atoms with Gasteiger partial charge in [-0.05, 0) is 50.6 Å². The van der Waals surface area contributed by atoms with Crippen molar-refractivity contribution < 1.29 is 9.59 Å². The first-order valence-electron chi connectivity index (χ1n) is 8.54. The molecular weight excluding hydrogens is 358 g/mol. The van der Waals surface area contributed by atoms with Crippen LogP contribution >= 0.6 is 23.4 Å². The number of rotatable bonds is 6. The van der Waals surface area contributed by atoms with Gasteiger partial charge in [0.2, 0.25) is 5.91 Å². The maximum atomic E-state index is 13.0. The fraction of sp³-hybridized carbons (Fsp3) is 0.556. The molecule has 25 heavy (non-hydrogen) atoms. The van der Waals surface area contributed by atoms with Gasteiger partial charge in [0.25, 0.3) is 5.91 Å². The van der Waals surface area contributed by atoms with Crippen molar-refractivity contribution in [3.8, 4) is 0 Å². The molecule has 2 amide bonds. The molecule has 138 valence electrons. The highest BCUT2D eigenvalue weighted by molar-refractivity contribution is 7.98. The molecule has 0 aromatic heterocycles. The minimum Gasteiger partial charge on any atom is -0.340 e. The molecule has 5 nitrogen and oxygen atoms in total. The predicted octanol–water partition coefficient (Wildman–Crippen LogP) is 2.36. The lowest BCUT2D eigenvalue weighted by molar-refractivity contribution is -0.133. The van der Waals surface area contributed by atoms with Crippen LogP contribution in [0.25, 0.3) is 0 Å². The highest BCUT2D eigenvalue weighted by atomic mass is 35.5. The number of nitrogens with zero attached hydrogens (tertiary/aromatic N) is 2. The van der Waals surface area contributed by atoms with Crippen LogP contribution < -0.4 is 5.32 Å². The Morgan fingerprint density at radius 2 is 2.00 bits per heavy atom. The fourth-order valence-electron chi connectivity index (χ4n) is 2.86. The van der Waals surface area contributed by atoms with Gasteiger partial charge in [0.1, 0.15) is 6.04 Å². The molecule has 1 aliphatic heterocycles. The van der Waals surface area contributed by atoms with Gasteiger partial charge in [-0.25, -0.2) is 0 Å². The summed E-state index contributed by atoms with van der Waals surface area (Å²) in [5.41, 5.74) is 0.404. The quantitative estimate of drug-likeness (QED) is 0.819. The number of benzene rings is 1. The maximum Gasteiger partial charge on any atom is 0.253 e. The molecular formula is C18H26ClN3O2S. The number of amides is 2. The van der Waals surface area contributed by atoms with Crippen LogP contribution in [0.1, 0.15) is 23.2 Å². The second kappa shape index (κ2) is 10.0. The molecule has 0 spiro atoms. The summed E-state index contributed by atoms with van der Waals surface area (Å²) in [6, 6.07) is 6.39. The third kappa shape index (κ3) is 5.90. The number of thioether (sulfide) groups is 1. The first kappa shape index (κ1) is 20.1. The summed E-state index contributed by atoms with van der Waals surface area (Å²) in [6.07, 6.45) is 3.57. The molecule has 1 unspecified atom stereocenters. The first-order chi connectivity index (χ1) is 12.0. The summed E-state index contributed by atoms with van der Waals surface area (Å²) in [5.74, 6) is 0.522. The Balaban J connectivity index is 2.08. The highest BCUT2D eigenvalue weighted by Gasteiger charge is 2.27. The van der Waals surface area contributed by atoms with Crippen molar-refractivity contribution in [2.24, 2.45) is 0 Å². The van der Waals surface area contributed by atoms with Crippen molar-refractivity contribution in [3.05, 3.63) is 34.9 Å². The highest BCUT2D eigenvalue weighted by Crippen LogP contribution is 2.16. The molecule has 0 bridgehead atoms. The monoisotopic (exact) mass is 383 g/mol. The minimum atomic E-state index is -0.514. The Hall–Kier alpha value is -1.24. The van der Waals surface area contributed by atoms with Crippen LogP contribution in [-0.2, 0) is 4.79 Å². The minimum absolute atomic E-state index is 0.00440. The second-order valence-electron chi connectivity index (χ2n) is 6.27. The first-order valence-corrected chi connectivity index (χ1v) is 10.3. The number of halogens is 1. The van der Waals surface area contributed by atoms with E-state index in [0.29, 0.717) is 23.6 Å². The third-order valence-electron chi connectivity index (χ3n) is 4.36. The van der Waals surface area contributed by atoms with Crippen LogP contribution in [0.2, 0.25) is 5.02 Å². The lowest BCUT2D eigenvalue weighted by atomic mass is 10.1. The number of carbonyl (C=O) groups excluding carboxylic acids is 2. The van der Waals surface area contributed by atoms with Crippen molar-refractivity contribution in [2.75, 3.05) is 45.2 Å². The van der Waals surface area contributed by atoms with Crippen LogP contribution in [0.15, 0.2) is 24.3 Å². The van der Waals surface area contributed by atoms with Crippen molar-refractivity contribution >= 4 is 35.2 Å². The van der Waals surface area contributed by atoms with E-state index >= 15 is 0 Å². The van der Waals surface area contributed by atoms with E-state index in [0.717, 1.165) is 31.8 Å². The summed E-state index contributed by atoms with van der Waals surface area (Å²) >= 11 is 7.78. The van der Waals surface area contributed by atoms with E-state index in [1.54, 1.807) is 36.0 Å². The molecule has 1 heterocycles. The Morgan fingerprint density at radius 1 is 1.24 bits per heavy atom. The average molecular weight is 384 g/mol. The van der Waals surface area contributed by atoms with Gasteiger partial charge >= 0.3 is 0 Å². The molecule has 0 radical (unpaired) electrons. The molecule has 1 atom stereocenters. The van der Waals surface area contributed by atoms with Gasteiger partial charge < -0.3 is 15.1 Å². The fourth-order valence-corrected chi connectivity index (χ4v) is 3.55. The van der Waals surface area contributed by atoms with E-state index < -0.39 is 6.04 Å². The third-order valence-corrected chi connectivity index (χ3v) is 5.34. The van der Waals surface area contributed by atoms with Crippen molar-refractivity contribution in [1.29, 1.82) is 0 Å². The van der Waals surface area contributed by atoms with Crippen LogP contribution in [-0.4, -0.2) is 72.9 Å². The molecule has 1 saturated heterocycles. The van der Waals surface area contributed by atoms with E-state index in [1.807, 2.05) is 11.2 Å². The number of hydrogen-bond acceptors (Lipinski definition) is 4. The van der Waals surface area contributed by atoms with Crippen LogP contribution in [0.4, 0.5) is 0 Å². The van der Waals surface area contributed by atoms with Gasteiger partial charge in [0, 0.05) is 19.6 Å². The van der Waals surface area contributed by atoms with Crippen LogP contribution in [0.5, 0.6) is 0 Å². The SMILES string of the molecule is CSCCC(NC(=O)c1ccccc1Cl)C(=O)N1CCCN(C)CC1. The van der Waals surface area contributed by atoms with Crippen LogP contribution in [0.3, 0.4) is 0 Å². The Labute approximate surface area is 159 Å². The van der Waals surface area contributed by atoms with Crippen molar-refractivity contribution in [1.82, 2.24) is 15.1 Å². The van der Waals surface area contributed by atoms with Crippen molar-refractivity contribution in [2.45, 2.75) is 18.9 Å². The zero-order chi connectivity index (χ0) is 18.2. The Kier molecular flexibility index (Phi) is 8.06. The Bertz CT molecular complexity index is 599. The van der Waals surface area contributed by atoms with E-state index in [-0.39, 0.29) is 11.8 Å². The number of hydrogen-bond donors (Lipinski definition) is 1. The normalized spacial score (nSPS) is 17.0. The molecule has 1 aromatic carbocycles. The van der Waals surface area contributed by atoms with Crippen LogP contribution in [0, 0.1) is 0 Å². The van der Waals surface area contributed by atoms with Gasteiger partial charge in [0.05, 0.1) is 10.6 Å². The van der Waals surface area contributed by atoms with Gasteiger partial charge in [-0.1, -0.05) is 23.7 Å². The lowest BCUT2D eigenvalue weighted by Crippen LogP contribution is -2.49. The summed E-state index contributed by atoms with van der Waals surface area (Å²) in [7, 11) is 2.07. The van der Waals surface area contributed by atoms with Gasteiger partial charge in [0.15, 0.2) is 0 Å². The van der Waals surface area contributed by atoms with E-state index in [4.69, 9.17) is 11.6 Å². The molecule has 2 rings (SSSR count). The molecule has 1 aromatic rings. The van der Waals surface area contributed by atoms with E-state index in [2.05, 4.69) is 17.3 Å². The molecule has 0 saturated carbocycles. The van der Waals surface area contributed by atoms with Gasteiger partial charge in [-0.3, -0.25) is 9.59 Å². The van der Waals surface area contributed by atoms with E-state index in [1.165, 1.54) is 0 Å². The summed E-state index contributed by atoms with van der Waals surface area (Å²) < 4.78 is 0. The predicted molar refractivity (Wildman–Crippen MR) is 104 cm³/mol. The number of carbonyl (C=O) groups is 2. The molecule has 7 heteroatoms. The number of likely N-dealkylation sites (N-methyl/N-ethyl adjacent to an activating group) is 1. The standard InChI is InChI=1S/C18H26ClN3O2S/c1-21-9-5-10-22(12-11-21)18(24)16(8-13-25-2)20-17(23)14-6-3-4-7-15(14)19/h3-4,6-7,16H,5,8-13H2,1-2H3,(H,20,23). The second-order valence-corrected chi connectivity index (χ2v) is 7.66. The lowest BCUT2D eigenvalue weighted by Gasteiger charge is -2.27. The zero-order valence-corrected chi connectivity index (χ0v) is 16.4. The molecule has 1 aliphatic rings. The van der Waals surface area contributed by atoms with Gasteiger partial charge in [-0.2, -0.15) is 11.8 Å². The van der Waals surface area contributed by atoms with Crippen molar-refractivity contribution in [3.63, 3.8) is 0 Å². The summed E-state index contributed by atoms with van der Waals surface area (Å²) in [4.78, 5) is 29.6. The Morgan fingerprint density at radius 3 is 2.72 bits per heavy atom. The molecule has 1 fully saturated rings. The summed E-state index contributed by atoms with van der Waals surface area (Å²) in [5, 5.41) is 3.29. The topological polar surface area (TPSA) is 52.7 Å². The smallest absolute Gasteiger partial charge is 0.253 e. The average Bonchev–Trinajstić information content (AvgIpc) is 2.82. The van der Waals surface area contributed by atoms with Gasteiger partial charge in [-0.15, -0.1) is 0 Å². The maximum absolute atomic E-state index is 13.0. The molecule has 0 aliphatic carbocycles. The zero-order valence-electron chi connectivity index (χ0n) is 14.8. The summed E-state index contributed by atoms with van der Waals surface area (Å²) in [6.45, 7) is 3.29. The molecule has 1 N–H and O–H groups in total.